The third kappa shape index (κ3) is 3.61. The number of aromatic nitrogens is 2. The molecule has 3 rings (SSSR count). The van der Waals surface area contributed by atoms with E-state index in [1.807, 2.05) is 6.07 Å². The van der Waals surface area contributed by atoms with Crippen molar-refractivity contribution in [1.29, 1.82) is 0 Å². The maximum atomic E-state index is 5.73. The fourth-order valence-electron chi connectivity index (χ4n) is 3.08. The molecule has 23 heavy (non-hydrogen) atoms. The minimum atomic E-state index is 0.573. The lowest BCUT2D eigenvalue weighted by Gasteiger charge is -2.18. The van der Waals surface area contributed by atoms with E-state index in [4.69, 9.17) is 20.2 Å². The molecule has 0 radical (unpaired) electrons. The van der Waals surface area contributed by atoms with E-state index in [1.54, 1.807) is 0 Å². The Hall–Kier alpha value is -1.75. The van der Waals surface area contributed by atoms with Crippen LogP contribution in [0, 0.1) is 5.92 Å². The van der Waals surface area contributed by atoms with Gasteiger partial charge in [0.05, 0.1) is 11.0 Å². The Morgan fingerprint density at radius 1 is 1.13 bits per heavy atom. The molecule has 1 aromatic carbocycles. The van der Waals surface area contributed by atoms with E-state index in [1.165, 1.54) is 0 Å². The van der Waals surface area contributed by atoms with Crippen molar-refractivity contribution in [3.63, 3.8) is 0 Å². The third-order valence-corrected chi connectivity index (χ3v) is 4.14. The van der Waals surface area contributed by atoms with Gasteiger partial charge >= 0.3 is 0 Å². The molecule has 0 atom stereocenters. The monoisotopic (exact) mass is 317 g/mol. The van der Waals surface area contributed by atoms with Crippen molar-refractivity contribution >= 4 is 11.0 Å². The van der Waals surface area contributed by atoms with Gasteiger partial charge in [0, 0.05) is 25.1 Å². The number of aryl methyl sites for hydroxylation is 1. The smallest absolute Gasteiger partial charge is 0.163 e. The van der Waals surface area contributed by atoms with Crippen molar-refractivity contribution in [2.45, 2.75) is 46.1 Å². The summed E-state index contributed by atoms with van der Waals surface area (Å²) in [6.45, 7) is 7.44. The van der Waals surface area contributed by atoms with Crippen molar-refractivity contribution in [2.75, 3.05) is 19.8 Å². The van der Waals surface area contributed by atoms with Crippen LogP contribution in [0.2, 0.25) is 0 Å². The number of unbranched alkanes of at least 4 members (excludes halogenated alkanes) is 2. The van der Waals surface area contributed by atoms with Crippen molar-refractivity contribution in [3.8, 4) is 11.5 Å². The second-order valence-electron chi connectivity index (χ2n) is 6.62. The van der Waals surface area contributed by atoms with Gasteiger partial charge in [0.1, 0.15) is 19.0 Å². The zero-order valence-electron chi connectivity index (χ0n) is 14.2. The molecule has 0 bridgehead atoms. The summed E-state index contributed by atoms with van der Waals surface area (Å²) in [5.41, 5.74) is 7.74. The minimum Gasteiger partial charge on any atom is -0.486 e. The lowest BCUT2D eigenvalue weighted by atomic mass is 10.1. The predicted molar refractivity (Wildman–Crippen MR) is 92.2 cm³/mol. The maximum Gasteiger partial charge on any atom is 0.163 e. The van der Waals surface area contributed by atoms with Crippen molar-refractivity contribution in [3.05, 3.63) is 18.0 Å². The molecule has 2 N–H and O–H groups in total. The van der Waals surface area contributed by atoms with Crippen LogP contribution in [0.25, 0.3) is 11.0 Å². The van der Waals surface area contributed by atoms with Crippen LogP contribution < -0.4 is 15.2 Å². The summed E-state index contributed by atoms with van der Waals surface area (Å²) in [6, 6.07) is 4.10. The first-order chi connectivity index (χ1) is 11.2. The van der Waals surface area contributed by atoms with E-state index in [2.05, 4.69) is 24.5 Å². The molecule has 126 valence electrons. The lowest BCUT2D eigenvalue weighted by Crippen LogP contribution is -2.15. The number of hydrogen-bond donors (Lipinski definition) is 1. The summed E-state index contributed by atoms with van der Waals surface area (Å²) in [7, 11) is 0. The third-order valence-electron chi connectivity index (χ3n) is 4.14. The summed E-state index contributed by atoms with van der Waals surface area (Å²) in [5, 5.41) is 0. The molecule has 5 nitrogen and oxygen atoms in total. The van der Waals surface area contributed by atoms with Gasteiger partial charge in [0.15, 0.2) is 11.5 Å². The molecule has 0 spiro atoms. The van der Waals surface area contributed by atoms with Crippen LogP contribution in [0.3, 0.4) is 0 Å². The van der Waals surface area contributed by atoms with Gasteiger partial charge in [-0.2, -0.15) is 0 Å². The number of fused-ring (bicyclic) bond motifs is 2. The molecule has 0 unspecified atom stereocenters. The molecule has 1 aliphatic heterocycles. The van der Waals surface area contributed by atoms with Crippen LogP contribution >= 0.6 is 0 Å². The standard InChI is InChI=1S/C18H27N3O2/c1-13(2)12-21-15-11-17-16(22-8-9-23-17)10-14(15)20-18(21)6-4-3-5-7-19/h10-11,13H,3-9,12,19H2,1-2H3. The molecule has 0 aliphatic carbocycles. The predicted octanol–water partition coefficient (Wildman–Crippen LogP) is 3.14. The number of rotatable bonds is 7. The fraction of sp³-hybridized carbons (Fsp3) is 0.611. The number of nitrogens with two attached hydrogens (primary N) is 1. The largest absolute Gasteiger partial charge is 0.486 e. The maximum absolute atomic E-state index is 5.73. The number of benzene rings is 1. The van der Waals surface area contributed by atoms with E-state index in [9.17, 15) is 0 Å². The number of hydrogen-bond acceptors (Lipinski definition) is 4. The van der Waals surface area contributed by atoms with Gasteiger partial charge in [-0.15, -0.1) is 0 Å². The molecule has 0 saturated heterocycles. The summed E-state index contributed by atoms with van der Waals surface area (Å²) in [5.74, 6) is 3.38. The van der Waals surface area contributed by atoms with Crippen molar-refractivity contribution in [1.82, 2.24) is 9.55 Å². The molecular weight excluding hydrogens is 290 g/mol. The van der Waals surface area contributed by atoms with Crippen LogP contribution in [0.5, 0.6) is 11.5 Å². The summed E-state index contributed by atoms with van der Waals surface area (Å²) in [4.78, 5) is 4.87. The fourth-order valence-corrected chi connectivity index (χ4v) is 3.08. The Morgan fingerprint density at radius 3 is 2.57 bits per heavy atom. The van der Waals surface area contributed by atoms with E-state index in [0.717, 1.165) is 67.1 Å². The van der Waals surface area contributed by atoms with Gasteiger partial charge in [-0.3, -0.25) is 0 Å². The Kier molecular flexibility index (Phi) is 5.06. The summed E-state index contributed by atoms with van der Waals surface area (Å²) in [6.07, 6.45) is 4.36. The molecule has 0 amide bonds. The lowest BCUT2D eigenvalue weighted by molar-refractivity contribution is 0.172. The molecule has 2 heterocycles. The molecule has 5 heteroatoms. The van der Waals surface area contributed by atoms with Crippen LogP contribution in [0.4, 0.5) is 0 Å². The van der Waals surface area contributed by atoms with Crippen LogP contribution in [-0.4, -0.2) is 29.3 Å². The van der Waals surface area contributed by atoms with E-state index in [-0.39, 0.29) is 0 Å². The molecule has 1 aromatic heterocycles. The van der Waals surface area contributed by atoms with Gasteiger partial charge in [0.25, 0.3) is 0 Å². The van der Waals surface area contributed by atoms with Gasteiger partial charge in [-0.05, 0) is 25.3 Å². The average Bonchev–Trinajstić information content (AvgIpc) is 2.86. The highest BCUT2D eigenvalue weighted by Crippen LogP contribution is 2.35. The van der Waals surface area contributed by atoms with E-state index >= 15 is 0 Å². The summed E-state index contributed by atoms with van der Waals surface area (Å²) >= 11 is 0. The first-order valence-electron chi connectivity index (χ1n) is 8.68. The van der Waals surface area contributed by atoms with Crippen molar-refractivity contribution in [2.24, 2.45) is 11.7 Å². The Bertz CT molecular complexity index is 664. The number of ether oxygens (including phenoxy) is 2. The van der Waals surface area contributed by atoms with Crippen LogP contribution in [0.15, 0.2) is 12.1 Å². The first-order valence-corrected chi connectivity index (χ1v) is 8.68. The molecule has 0 saturated carbocycles. The van der Waals surface area contributed by atoms with Gasteiger partial charge in [0.2, 0.25) is 0 Å². The summed E-state index contributed by atoms with van der Waals surface area (Å²) < 4.78 is 13.8. The number of nitrogens with zero attached hydrogens (tertiary/aromatic N) is 2. The van der Waals surface area contributed by atoms with E-state index in [0.29, 0.717) is 19.1 Å². The molecule has 2 aromatic rings. The Labute approximate surface area is 137 Å². The second-order valence-corrected chi connectivity index (χ2v) is 6.62. The molecule has 0 fully saturated rings. The van der Waals surface area contributed by atoms with Crippen molar-refractivity contribution < 1.29 is 9.47 Å². The topological polar surface area (TPSA) is 62.3 Å². The highest BCUT2D eigenvalue weighted by molar-refractivity contribution is 5.80. The van der Waals surface area contributed by atoms with E-state index < -0.39 is 0 Å². The normalized spacial score (nSPS) is 13.9. The average molecular weight is 317 g/mol. The second kappa shape index (κ2) is 7.21. The minimum absolute atomic E-state index is 0.573. The SMILES string of the molecule is CC(C)Cn1c(CCCCCN)nc2cc3c(cc21)OCCO3. The van der Waals surface area contributed by atoms with Gasteiger partial charge in [-0.1, -0.05) is 20.3 Å². The molecule has 1 aliphatic rings. The highest BCUT2D eigenvalue weighted by Gasteiger charge is 2.18. The van der Waals surface area contributed by atoms with Gasteiger partial charge < -0.3 is 19.8 Å². The first kappa shape index (κ1) is 16.1. The zero-order chi connectivity index (χ0) is 16.2. The quantitative estimate of drug-likeness (QED) is 0.797. The highest BCUT2D eigenvalue weighted by atomic mass is 16.6. The number of imidazole rings is 1. The molecular formula is C18H27N3O2. The zero-order valence-corrected chi connectivity index (χ0v) is 14.2. The van der Waals surface area contributed by atoms with Gasteiger partial charge in [-0.25, -0.2) is 4.98 Å². The van der Waals surface area contributed by atoms with Crippen LogP contribution in [-0.2, 0) is 13.0 Å². The Morgan fingerprint density at radius 2 is 1.87 bits per heavy atom. The Balaban J connectivity index is 1.93. The van der Waals surface area contributed by atoms with Crippen LogP contribution in [0.1, 0.15) is 38.9 Å².